The molecule has 21 heavy (non-hydrogen) atoms. The Bertz CT molecular complexity index is 466. The molecule has 8 heteroatoms. The number of hydrogen-bond donors (Lipinski definition) is 1. The summed E-state index contributed by atoms with van der Waals surface area (Å²) in [6.07, 6.45) is -2.81. The molecular weight excluding hydrogens is 305 g/mol. The van der Waals surface area contributed by atoms with Crippen LogP contribution in [0.4, 0.5) is 13.2 Å². The van der Waals surface area contributed by atoms with Gasteiger partial charge in [-0.2, -0.15) is 13.2 Å². The van der Waals surface area contributed by atoms with Gasteiger partial charge < -0.3 is 14.8 Å². The van der Waals surface area contributed by atoms with Gasteiger partial charge in [0.15, 0.2) is 11.5 Å². The van der Waals surface area contributed by atoms with Gasteiger partial charge in [-0.15, -0.1) is 11.3 Å². The maximum Gasteiger partial charge on any atom is 0.434 e. The second-order valence-electron chi connectivity index (χ2n) is 5.29. The number of halogens is 3. The van der Waals surface area contributed by atoms with Crippen molar-refractivity contribution in [1.82, 2.24) is 10.3 Å². The van der Waals surface area contributed by atoms with Gasteiger partial charge in [0.05, 0.1) is 6.04 Å². The maximum atomic E-state index is 12.5. The Kier molecular flexibility index (Phi) is 4.92. The lowest BCUT2D eigenvalue weighted by Crippen LogP contribution is -2.50. The van der Waals surface area contributed by atoms with Crippen LogP contribution in [-0.2, 0) is 15.7 Å². The van der Waals surface area contributed by atoms with Crippen LogP contribution in [0.1, 0.15) is 36.5 Å². The highest BCUT2D eigenvalue weighted by atomic mass is 32.1. The number of aromatic nitrogens is 1. The molecule has 2 rings (SSSR count). The minimum Gasteiger partial charge on any atom is -0.353 e. The zero-order valence-electron chi connectivity index (χ0n) is 12.2. The summed E-state index contributed by atoms with van der Waals surface area (Å²) in [5.74, 6) is -0.0883. The topological polar surface area (TPSA) is 43.4 Å². The second kappa shape index (κ2) is 6.20. The molecule has 1 N–H and O–H groups in total. The number of ether oxygens (including phenoxy) is 2. The number of methoxy groups -OCH3 is 2. The Morgan fingerprint density at radius 3 is 2.52 bits per heavy atom. The molecule has 1 saturated carbocycles. The van der Waals surface area contributed by atoms with Crippen LogP contribution in [0.3, 0.4) is 0 Å². The van der Waals surface area contributed by atoms with E-state index in [1.165, 1.54) is 0 Å². The maximum absolute atomic E-state index is 12.5. The molecule has 1 heterocycles. The fourth-order valence-corrected chi connectivity index (χ4v) is 3.29. The molecule has 0 aromatic carbocycles. The molecule has 0 aliphatic heterocycles. The molecule has 1 aromatic rings. The first-order valence-corrected chi connectivity index (χ1v) is 7.54. The van der Waals surface area contributed by atoms with Crippen molar-refractivity contribution in [3.63, 3.8) is 0 Å². The minimum absolute atomic E-state index is 0.203. The average Bonchev–Trinajstić information content (AvgIpc) is 2.87. The lowest BCUT2D eigenvalue weighted by molar-refractivity contribution is -0.269. The predicted octanol–water partition coefficient (Wildman–Crippen LogP) is 3.21. The lowest BCUT2D eigenvalue weighted by Gasteiger charge is -2.45. The van der Waals surface area contributed by atoms with E-state index >= 15 is 0 Å². The third-order valence-electron chi connectivity index (χ3n) is 3.84. The van der Waals surface area contributed by atoms with Gasteiger partial charge in [-0.05, 0) is 19.4 Å². The number of thiazole rings is 1. The largest absolute Gasteiger partial charge is 0.434 e. The highest BCUT2D eigenvalue weighted by Crippen LogP contribution is 2.41. The third kappa shape index (κ3) is 3.74. The first-order chi connectivity index (χ1) is 9.79. The molecule has 0 bridgehead atoms. The fraction of sp³-hybridized carbons (Fsp3) is 0.769. The molecule has 0 saturated heterocycles. The van der Waals surface area contributed by atoms with Crippen molar-refractivity contribution in [1.29, 1.82) is 0 Å². The van der Waals surface area contributed by atoms with E-state index in [1.54, 1.807) is 14.2 Å². The van der Waals surface area contributed by atoms with E-state index in [9.17, 15) is 13.2 Å². The summed E-state index contributed by atoms with van der Waals surface area (Å²) in [6, 6.07) is -0.203. The van der Waals surface area contributed by atoms with Gasteiger partial charge in [-0.3, -0.25) is 0 Å². The van der Waals surface area contributed by atoms with Crippen LogP contribution in [0.5, 0.6) is 0 Å². The summed E-state index contributed by atoms with van der Waals surface area (Å²) in [7, 11) is 3.23. The molecule has 1 unspecified atom stereocenters. The Hall–Kier alpha value is -0.700. The molecule has 120 valence electrons. The highest BCUT2D eigenvalue weighted by molar-refractivity contribution is 7.09. The summed E-state index contributed by atoms with van der Waals surface area (Å²) in [6.45, 7) is 2.52. The molecule has 1 fully saturated rings. The molecule has 0 amide bonds. The van der Waals surface area contributed by atoms with Crippen molar-refractivity contribution in [2.75, 3.05) is 20.8 Å². The molecule has 1 aromatic heterocycles. The van der Waals surface area contributed by atoms with Crippen LogP contribution < -0.4 is 5.32 Å². The van der Waals surface area contributed by atoms with Crippen LogP contribution in [0, 0.1) is 5.92 Å². The minimum atomic E-state index is -4.38. The second-order valence-corrected chi connectivity index (χ2v) is 6.18. The first kappa shape index (κ1) is 16.7. The summed E-state index contributed by atoms with van der Waals surface area (Å²) in [5.41, 5.74) is -0.822. The first-order valence-electron chi connectivity index (χ1n) is 6.66. The van der Waals surface area contributed by atoms with Gasteiger partial charge in [-0.1, -0.05) is 0 Å². The standard InChI is InChI=1S/C13H19F3N2O2S/c1-8(11-18-10(7-21-11)13(14,15)16)17-6-9-4-12(5-9,19-2)20-3/h7-9,17H,4-6H2,1-3H3. The zero-order chi connectivity index (χ0) is 15.7. The molecule has 0 spiro atoms. The van der Waals surface area contributed by atoms with Gasteiger partial charge in [0.1, 0.15) is 5.01 Å². The number of nitrogens with one attached hydrogen (secondary N) is 1. The Morgan fingerprint density at radius 2 is 2.05 bits per heavy atom. The van der Waals surface area contributed by atoms with Crippen molar-refractivity contribution in [3.8, 4) is 0 Å². The SMILES string of the molecule is COC1(OC)CC(CNC(C)c2nc(C(F)(F)F)cs2)C1. The van der Waals surface area contributed by atoms with E-state index in [-0.39, 0.29) is 6.04 Å². The van der Waals surface area contributed by atoms with Crippen molar-refractivity contribution in [3.05, 3.63) is 16.1 Å². The third-order valence-corrected chi connectivity index (χ3v) is 4.87. The van der Waals surface area contributed by atoms with Crippen LogP contribution in [0.15, 0.2) is 5.38 Å². The smallest absolute Gasteiger partial charge is 0.353 e. The van der Waals surface area contributed by atoms with Gasteiger partial charge >= 0.3 is 6.18 Å². The molecule has 0 radical (unpaired) electrons. The van der Waals surface area contributed by atoms with E-state index in [0.29, 0.717) is 17.5 Å². The average molecular weight is 324 g/mol. The Morgan fingerprint density at radius 1 is 1.43 bits per heavy atom. The molecule has 1 aliphatic rings. The number of hydrogen-bond acceptors (Lipinski definition) is 5. The van der Waals surface area contributed by atoms with Crippen LogP contribution in [0.25, 0.3) is 0 Å². The Balaban J connectivity index is 1.81. The number of rotatable bonds is 6. The van der Waals surface area contributed by atoms with Crippen LogP contribution >= 0.6 is 11.3 Å². The molecule has 1 atom stereocenters. The van der Waals surface area contributed by atoms with Gasteiger partial charge in [0.25, 0.3) is 0 Å². The van der Waals surface area contributed by atoms with Crippen molar-refractivity contribution >= 4 is 11.3 Å². The number of alkyl halides is 3. The molecule has 1 aliphatic carbocycles. The summed E-state index contributed by atoms with van der Waals surface area (Å²) in [4.78, 5) is 3.65. The fourth-order valence-electron chi connectivity index (χ4n) is 2.43. The molecular formula is C13H19F3N2O2S. The summed E-state index contributed by atoms with van der Waals surface area (Å²) >= 11 is 1.03. The summed E-state index contributed by atoms with van der Waals surface area (Å²) in [5, 5.41) is 4.72. The van der Waals surface area contributed by atoms with Crippen molar-refractivity contribution in [2.24, 2.45) is 5.92 Å². The normalized spacial score (nSPS) is 20.3. The van der Waals surface area contributed by atoms with Gasteiger partial charge in [0, 0.05) is 32.4 Å². The monoisotopic (exact) mass is 324 g/mol. The van der Waals surface area contributed by atoms with E-state index in [1.807, 2.05) is 6.92 Å². The zero-order valence-corrected chi connectivity index (χ0v) is 13.0. The van der Waals surface area contributed by atoms with E-state index in [0.717, 1.165) is 29.6 Å². The van der Waals surface area contributed by atoms with Crippen molar-refractivity contribution < 1.29 is 22.6 Å². The lowest BCUT2D eigenvalue weighted by atomic mass is 9.78. The van der Waals surface area contributed by atoms with E-state index in [2.05, 4.69) is 10.3 Å². The molecule has 4 nitrogen and oxygen atoms in total. The van der Waals surface area contributed by atoms with Crippen molar-refractivity contribution in [2.45, 2.75) is 37.8 Å². The highest BCUT2D eigenvalue weighted by Gasteiger charge is 2.44. The predicted molar refractivity (Wildman–Crippen MR) is 73.0 cm³/mol. The van der Waals surface area contributed by atoms with Gasteiger partial charge in [-0.25, -0.2) is 4.98 Å². The summed E-state index contributed by atoms with van der Waals surface area (Å²) < 4.78 is 48.1. The van der Waals surface area contributed by atoms with E-state index in [4.69, 9.17) is 9.47 Å². The Labute approximate surface area is 125 Å². The number of nitrogens with zero attached hydrogens (tertiary/aromatic N) is 1. The van der Waals surface area contributed by atoms with Crippen LogP contribution in [-0.4, -0.2) is 31.5 Å². The quantitative estimate of drug-likeness (QED) is 0.816. The van der Waals surface area contributed by atoms with E-state index < -0.39 is 17.7 Å². The van der Waals surface area contributed by atoms with Gasteiger partial charge in [0.2, 0.25) is 0 Å². The van der Waals surface area contributed by atoms with Crippen LogP contribution in [0.2, 0.25) is 0 Å².